The molecule has 1 unspecified atom stereocenters. The van der Waals surface area contributed by atoms with Gasteiger partial charge in [0.05, 0.1) is 13.4 Å². The number of hydrogen-bond donors (Lipinski definition) is 0. The van der Waals surface area contributed by atoms with Crippen LogP contribution in [0.2, 0.25) is 0 Å². The van der Waals surface area contributed by atoms with Crippen molar-refractivity contribution < 1.29 is 14.3 Å². The Bertz CT molecular complexity index is 588. The standard InChI is InChI=1S/C15H16N2O3/c1-11-3-5-12(6-4-11)14(18)9-13(15(19)20-2)17-8-7-16-10-17/h3-8,10,13H,9H2,1-2H3. The maximum absolute atomic E-state index is 12.2. The van der Waals surface area contributed by atoms with Crippen LogP contribution in [-0.4, -0.2) is 28.4 Å². The topological polar surface area (TPSA) is 61.2 Å². The maximum Gasteiger partial charge on any atom is 0.329 e. The highest BCUT2D eigenvalue weighted by molar-refractivity contribution is 5.98. The van der Waals surface area contributed by atoms with Crippen molar-refractivity contribution in [1.29, 1.82) is 0 Å². The molecule has 0 amide bonds. The molecule has 0 fully saturated rings. The van der Waals surface area contributed by atoms with Gasteiger partial charge in [-0.15, -0.1) is 0 Å². The summed E-state index contributed by atoms with van der Waals surface area (Å²) in [6, 6.07) is 6.59. The van der Waals surface area contributed by atoms with Crippen molar-refractivity contribution in [3.63, 3.8) is 0 Å². The van der Waals surface area contributed by atoms with Crippen LogP contribution in [0.1, 0.15) is 28.4 Å². The number of benzene rings is 1. The van der Waals surface area contributed by atoms with Gasteiger partial charge in [-0.25, -0.2) is 9.78 Å². The molecule has 0 bridgehead atoms. The number of aromatic nitrogens is 2. The van der Waals surface area contributed by atoms with Crippen LogP contribution >= 0.6 is 0 Å². The van der Waals surface area contributed by atoms with Crippen molar-refractivity contribution >= 4 is 11.8 Å². The number of ether oxygens (including phenoxy) is 1. The number of rotatable bonds is 5. The van der Waals surface area contributed by atoms with Crippen LogP contribution in [0.4, 0.5) is 0 Å². The number of imidazole rings is 1. The summed E-state index contributed by atoms with van der Waals surface area (Å²) in [4.78, 5) is 27.9. The van der Waals surface area contributed by atoms with Gasteiger partial charge in [-0.1, -0.05) is 29.8 Å². The Kier molecular flexibility index (Phi) is 4.30. The van der Waals surface area contributed by atoms with Gasteiger partial charge in [-0.2, -0.15) is 0 Å². The number of Topliss-reactive ketones (excluding diaryl/α,β-unsaturated/α-hetero) is 1. The smallest absolute Gasteiger partial charge is 0.329 e. The van der Waals surface area contributed by atoms with Gasteiger partial charge in [0, 0.05) is 24.4 Å². The first-order chi connectivity index (χ1) is 9.61. The first-order valence-corrected chi connectivity index (χ1v) is 6.27. The summed E-state index contributed by atoms with van der Waals surface area (Å²) in [5.41, 5.74) is 1.67. The molecule has 0 aliphatic carbocycles. The molecule has 0 radical (unpaired) electrons. The third kappa shape index (κ3) is 3.12. The van der Waals surface area contributed by atoms with Crippen molar-refractivity contribution in [1.82, 2.24) is 9.55 Å². The van der Waals surface area contributed by atoms with E-state index in [1.54, 1.807) is 29.1 Å². The zero-order chi connectivity index (χ0) is 14.5. The minimum Gasteiger partial charge on any atom is -0.467 e. The second kappa shape index (κ2) is 6.14. The van der Waals surface area contributed by atoms with E-state index >= 15 is 0 Å². The molecule has 0 spiro atoms. The molecule has 2 aromatic rings. The number of carbonyl (C=O) groups excluding carboxylic acids is 2. The summed E-state index contributed by atoms with van der Waals surface area (Å²) >= 11 is 0. The Hall–Kier alpha value is -2.43. The van der Waals surface area contributed by atoms with Gasteiger partial charge in [-0.3, -0.25) is 4.79 Å². The lowest BCUT2D eigenvalue weighted by Gasteiger charge is -2.15. The largest absolute Gasteiger partial charge is 0.467 e. The molecule has 1 heterocycles. The van der Waals surface area contributed by atoms with E-state index in [-0.39, 0.29) is 12.2 Å². The average molecular weight is 272 g/mol. The van der Waals surface area contributed by atoms with Crippen LogP contribution in [-0.2, 0) is 9.53 Å². The highest BCUT2D eigenvalue weighted by atomic mass is 16.5. The highest BCUT2D eigenvalue weighted by Crippen LogP contribution is 2.17. The molecule has 104 valence electrons. The van der Waals surface area contributed by atoms with Gasteiger partial charge >= 0.3 is 5.97 Å². The Balaban J connectivity index is 2.18. The zero-order valence-corrected chi connectivity index (χ0v) is 11.4. The van der Waals surface area contributed by atoms with Crippen molar-refractivity contribution in [2.75, 3.05) is 7.11 Å². The molecule has 20 heavy (non-hydrogen) atoms. The zero-order valence-electron chi connectivity index (χ0n) is 11.4. The van der Waals surface area contributed by atoms with E-state index in [2.05, 4.69) is 4.98 Å². The summed E-state index contributed by atoms with van der Waals surface area (Å²) in [6.45, 7) is 1.96. The average Bonchev–Trinajstić information content (AvgIpc) is 2.98. The van der Waals surface area contributed by atoms with E-state index in [0.29, 0.717) is 5.56 Å². The van der Waals surface area contributed by atoms with Crippen LogP contribution in [0.5, 0.6) is 0 Å². The first kappa shape index (κ1) is 14.0. The molecule has 5 nitrogen and oxygen atoms in total. The molecule has 2 rings (SSSR count). The van der Waals surface area contributed by atoms with Crippen molar-refractivity contribution in [2.45, 2.75) is 19.4 Å². The highest BCUT2D eigenvalue weighted by Gasteiger charge is 2.24. The Labute approximate surface area is 117 Å². The normalized spacial score (nSPS) is 11.9. The molecule has 1 aromatic heterocycles. The molecule has 0 aliphatic heterocycles. The molecular formula is C15H16N2O3. The predicted octanol–water partition coefficient (Wildman–Crippen LogP) is 2.18. The summed E-state index contributed by atoms with van der Waals surface area (Å²) in [5.74, 6) is -0.558. The van der Waals surface area contributed by atoms with Gasteiger partial charge in [0.15, 0.2) is 5.78 Å². The van der Waals surface area contributed by atoms with Crippen LogP contribution in [0.15, 0.2) is 43.0 Å². The lowest BCUT2D eigenvalue weighted by Crippen LogP contribution is -2.23. The molecule has 1 atom stereocenters. The van der Waals surface area contributed by atoms with Gasteiger partial charge in [0.1, 0.15) is 6.04 Å². The molecule has 0 saturated carbocycles. The van der Waals surface area contributed by atoms with Crippen molar-refractivity contribution in [3.05, 3.63) is 54.1 Å². The maximum atomic E-state index is 12.2. The van der Waals surface area contributed by atoms with Gasteiger partial charge in [-0.05, 0) is 6.92 Å². The molecular weight excluding hydrogens is 256 g/mol. The van der Waals surface area contributed by atoms with E-state index in [0.717, 1.165) is 5.56 Å². The quantitative estimate of drug-likeness (QED) is 0.618. The van der Waals surface area contributed by atoms with Crippen molar-refractivity contribution in [2.24, 2.45) is 0 Å². The first-order valence-electron chi connectivity index (χ1n) is 6.27. The van der Waals surface area contributed by atoms with Crippen LogP contribution in [0.25, 0.3) is 0 Å². The van der Waals surface area contributed by atoms with E-state index in [9.17, 15) is 9.59 Å². The monoisotopic (exact) mass is 272 g/mol. The predicted molar refractivity (Wildman–Crippen MR) is 73.4 cm³/mol. The fourth-order valence-corrected chi connectivity index (χ4v) is 1.93. The number of ketones is 1. The fourth-order valence-electron chi connectivity index (χ4n) is 1.93. The van der Waals surface area contributed by atoms with Crippen molar-refractivity contribution in [3.8, 4) is 0 Å². The van der Waals surface area contributed by atoms with Gasteiger partial charge in [0.25, 0.3) is 0 Å². The number of nitrogens with zero attached hydrogens (tertiary/aromatic N) is 2. The molecule has 0 aliphatic rings. The third-order valence-corrected chi connectivity index (χ3v) is 3.11. The van der Waals surface area contributed by atoms with E-state index < -0.39 is 12.0 Å². The van der Waals surface area contributed by atoms with E-state index in [4.69, 9.17) is 4.74 Å². The van der Waals surface area contributed by atoms with E-state index in [1.165, 1.54) is 13.4 Å². The lowest BCUT2D eigenvalue weighted by molar-refractivity contribution is -0.144. The summed E-state index contributed by atoms with van der Waals surface area (Å²) in [5, 5.41) is 0. The second-order valence-corrected chi connectivity index (χ2v) is 4.54. The van der Waals surface area contributed by atoms with Crippen LogP contribution < -0.4 is 0 Å². The summed E-state index contributed by atoms with van der Waals surface area (Å²) in [6.07, 6.45) is 4.76. The Morgan fingerprint density at radius 2 is 2.00 bits per heavy atom. The molecule has 5 heteroatoms. The molecule has 1 aromatic carbocycles. The van der Waals surface area contributed by atoms with Gasteiger partial charge in [0.2, 0.25) is 0 Å². The minimum atomic E-state index is -0.684. The number of aryl methyl sites for hydroxylation is 1. The number of methoxy groups -OCH3 is 1. The Morgan fingerprint density at radius 3 is 2.55 bits per heavy atom. The second-order valence-electron chi connectivity index (χ2n) is 4.54. The minimum absolute atomic E-state index is 0.0477. The number of hydrogen-bond acceptors (Lipinski definition) is 4. The fraction of sp³-hybridized carbons (Fsp3) is 0.267. The SMILES string of the molecule is COC(=O)C(CC(=O)c1ccc(C)cc1)n1ccnc1. The van der Waals surface area contributed by atoms with Gasteiger partial charge < -0.3 is 9.30 Å². The van der Waals surface area contributed by atoms with Crippen LogP contribution in [0, 0.1) is 6.92 Å². The van der Waals surface area contributed by atoms with E-state index in [1.807, 2.05) is 19.1 Å². The molecule has 0 N–H and O–H groups in total. The summed E-state index contributed by atoms with van der Waals surface area (Å²) in [7, 11) is 1.31. The number of carbonyl (C=O) groups is 2. The molecule has 0 saturated heterocycles. The lowest BCUT2D eigenvalue weighted by atomic mass is 10.0. The number of esters is 1. The Morgan fingerprint density at radius 1 is 1.30 bits per heavy atom. The van der Waals surface area contributed by atoms with Crippen LogP contribution in [0.3, 0.4) is 0 Å². The summed E-state index contributed by atoms with van der Waals surface area (Å²) < 4.78 is 6.33. The third-order valence-electron chi connectivity index (χ3n) is 3.11.